The van der Waals surface area contributed by atoms with Gasteiger partial charge in [-0.1, -0.05) is 30.3 Å². The summed E-state index contributed by atoms with van der Waals surface area (Å²) in [5, 5.41) is 5.49. The molecule has 1 atom stereocenters. The van der Waals surface area contributed by atoms with E-state index in [-0.39, 0.29) is 24.2 Å². The highest BCUT2D eigenvalue weighted by molar-refractivity contribution is 5.96. The molecular weight excluding hydrogens is 345 g/mol. The number of nitrogens with zero attached hydrogens (tertiary/aromatic N) is 1. The molecule has 0 saturated heterocycles. The molecule has 2 N–H and O–H groups in total. The Labute approximate surface area is 159 Å². The van der Waals surface area contributed by atoms with Crippen LogP contribution in [0.5, 0.6) is 0 Å². The highest BCUT2D eigenvalue weighted by Crippen LogP contribution is 2.19. The number of carbonyl (C=O) groups excluding carboxylic acids is 2. The zero-order chi connectivity index (χ0) is 20.0. The molecule has 2 rings (SSSR count). The molecule has 0 saturated carbocycles. The third-order valence-electron chi connectivity index (χ3n) is 4.53. The zero-order valence-corrected chi connectivity index (χ0v) is 16.2. The van der Waals surface area contributed by atoms with Gasteiger partial charge in [-0.25, -0.2) is 4.39 Å². The zero-order valence-electron chi connectivity index (χ0n) is 16.2. The van der Waals surface area contributed by atoms with Crippen LogP contribution in [0.15, 0.2) is 42.5 Å². The Balaban J connectivity index is 1.86. The fraction of sp³-hybridized carbons (Fsp3) is 0.333. The van der Waals surface area contributed by atoms with Gasteiger partial charge in [-0.15, -0.1) is 0 Å². The summed E-state index contributed by atoms with van der Waals surface area (Å²) < 4.78 is 13.3. The van der Waals surface area contributed by atoms with Crippen LogP contribution in [0.2, 0.25) is 0 Å². The summed E-state index contributed by atoms with van der Waals surface area (Å²) in [5.74, 6) is -0.840. The largest absolute Gasteiger partial charge is 0.346 e. The first-order valence-electron chi connectivity index (χ1n) is 8.86. The summed E-state index contributed by atoms with van der Waals surface area (Å²) in [5.41, 5.74) is 3.49. The topological polar surface area (TPSA) is 61.4 Å². The first kappa shape index (κ1) is 20.6. The molecule has 6 heteroatoms. The van der Waals surface area contributed by atoms with Gasteiger partial charge >= 0.3 is 0 Å². The van der Waals surface area contributed by atoms with E-state index < -0.39 is 6.04 Å². The SMILES string of the molecule is Cc1cccc(C)c1NC(=O)CNC(=O)[C@@H](C)N(C)Cc1cccc(F)c1. The van der Waals surface area contributed by atoms with Crippen molar-refractivity contribution in [2.45, 2.75) is 33.4 Å². The lowest BCUT2D eigenvalue weighted by atomic mass is 10.1. The van der Waals surface area contributed by atoms with Gasteiger partial charge in [0, 0.05) is 12.2 Å². The summed E-state index contributed by atoms with van der Waals surface area (Å²) in [7, 11) is 1.78. The number of rotatable bonds is 7. The minimum Gasteiger partial charge on any atom is -0.346 e. The molecule has 144 valence electrons. The van der Waals surface area contributed by atoms with Gasteiger partial charge in [-0.3, -0.25) is 14.5 Å². The van der Waals surface area contributed by atoms with Gasteiger partial charge in [0.2, 0.25) is 11.8 Å². The molecule has 5 nitrogen and oxygen atoms in total. The molecule has 0 aromatic heterocycles. The van der Waals surface area contributed by atoms with Gasteiger partial charge < -0.3 is 10.6 Å². The van der Waals surface area contributed by atoms with Crippen molar-refractivity contribution in [2.75, 3.05) is 18.9 Å². The number of halogens is 1. The normalized spacial score (nSPS) is 11.9. The van der Waals surface area contributed by atoms with Gasteiger partial charge in [0.05, 0.1) is 12.6 Å². The Morgan fingerprint density at radius 3 is 2.37 bits per heavy atom. The molecule has 0 radical (unpaired) electrons. The maximum atomic E-state index is 13.3. The molecular formula is C21H26FN3O2. The Morgan fingerprint density at radius 2 is 1.74 bits per heavy atom. The van der Waals surface area contributed by atoms with E-state index in [4.69, 9.17) is 0 Å². The number of carbonyl (C=O) groups is 2. The predicted octanol–water partition coefficient (Wildman–Crippen LogP) is 3.02. The summed E-state index contributed by atoms with van der Waals surface area (Å²) >= 11 is 0. The number of hydrogen-bond donors (Lipinski definition) is 2. The smallest absolute Gasteiger partial charge is 0.243 e. The van der Waals surface area contributed by atoms with Crippen molar-refractivity contribution in [3.8, 4) is 0 Å². The molecule has 27 heavy (non-hydrogen) atoms. The second-order valence-electron chi connectivity index (χ2n) is 6.75. The number of likely N-dealkylation sites (N-methyl/N-ethyl adjacent to an activating group) is 1. The molecule has 0 aliphatic rings. The van der Waals surface area contributed by atoms with E-state index in [1.54, 1.807) is 24.9 Å². The van der Waals surface area contributed by atoms with Gasteiger partial charge in [0.1, 0.15) is 5.82 Å². The van der Waals surface area contributed by atoms with Crippen molar-refractivity contribution in [3.05, 3.63) is 65.0 Å². The molecule has 0 fully saturated rings. The number of amides is 2. The summed E-state index contributed by atoms with van der Waals surface area (Å²) in [4.78, 5) is 26.3. The van der Waals surface area contributed by atoms with E-state index in [2.05, 4.69) is 10.6 Å². The fourth-order valence-corrected chi connectivity index (χ4v) is 2.77. The molecule has 0 heterocycles. The molecule has 2 aromatic rings. The highest BCUT2D eigenvalue weighted by Gasteiger charge is 2.19. The highest BCUT2D eigenvalue weighted by atomic mass is 19.1. The lowest BCUT2D eigenvalue weighted by molar-refractivity contribution is -0.127. The van der Waals surface area contributed by atoms with E-state index in [1.165, 1.54) is 12.1 Å². The Kier molecular flexibility index (Phi) is 7.07. The minimum absolute atomic E-state index is 0.106. The molecule has 0 aliphatic heterocycles. The first-order valence-corrected chi connectivity index (χ1v) is 8.86. The van der Waals surface area contributed by atoms with Crippen molar-refractivity contribution < 1.29 is 14.0 Å². The van der Waals surface area contributed by atoms with Gasteiger partial charge in [-0.05, 0) is 56.6 Å². The van der Waals surface area contributed by atoms with E-state index in [9.17, 15) is 14.0 Å². The van der Waals surface area contributed by atoms with Crippen LogP contribution in [-0.4, -0.2) is 36.3 Å². The van der Waals surface area contributed by atoms with Crippen molar-refractivity contribution in [1.82, 2.24) is 10.2 Å². The average Bonchev–Trinajstić information content (AvgIpc) is 2.62. The molecule has 0 unspecified atom stereocenters. The van der Waals surface area contributed by atoms with Crippen molar-refractivity contribution in [2.24, 2.45) is 0 Å². The molecule has 0 bridgehead atoms. The fourth-order valence-electron chi connectivity index (χ4n) is 2.77. The van der Waals surface area contributed by atoms with Gasteiger partial charge in [0.25, 0.3) is 0 Å². The van der Waals surface area contributed by atoms with Gasteiger partial charge in [0.15, 0.2) is 0 Å². The molecule has 0 spiro atoms. The van der Waals surface area contributed by atoms with Crippen molar-refractivity contribution in [3.63, 3.8) is 0 Å². The van der Waals surface area contributed by atoms with Crippen molar-refractivity contribution >= 4 is 17.5 Å². The average molecular weight is 371 g/mol. The summed E-state index contributed by atoms with van der Waals surface area (Å²) in [6.07, 6.45) is 0. The molecule has 2 aromatic carbocycles. The number of benzene rings is 2. The number of aryl methyl sites for hydroxylation is 2. The lowest BCUT2D eigenvalue weighted by Crippen LogP contribution is -2.45. The summed E-state index contributed by atoms with van der Waals surface area (Å²) in [6.45, 7) is 5.92. The van der Waals surface area contributed by atoms with E-state index in [0.717, 1.165) is 22.4 Å². The van der Waals surface area contributed by atoms with Crippen molar-refractivity contribution in [1.29, 1.82) is 0 Å². The first-order chi connectivity index (χ1) is 12.8. The van der Waals surface area contributed by atoms with Crippen LogP contribution in [0.1, 0.15) is 23.6 Å². The number of para-hydroxylation sites is 1. The summed E-state index contributed by atoms with van der Waals surface area (Å²) in [6, 6.07) is 11.6. The number of anilines is 1. The monoisotopic (exact) mass is 371 g/mol. The van der Waals surface area contributed by atoms with E-state index in [1.807, 2.05) is 38.1 Å². The Morgan fingerprint density at radius 1 is 1.11 bits per heavy atom. The van der Waals surface area contributed by atoms with Crippen LogP contribution >= 0.6 is 0 Å². The number of nitrogens with one attached hydrogen (secondary N) is 2. The maximum Gasteiger partial charge on any atom is 0.243 e. The third-order valence-corrected chi connectivity index (χ3v) is 4.53. The van der Waals surface area contributed by atoms with Crippen LogP contribution in [0.4, 0.5) is 10.1 Å². The van der Waals surface area contributed by atoms with E-state index in [0.29, 0.717) is 6.54 Å². The third kappa shape index (κ3) is 5.89. The Hall–Kier alpha value is -2.73. The van der Waals surface area contributed by atoms with Gasteiger partial charge in [-0.2, -0.15) is 0 Å². The second-order valence-corrected chi connectivity index (χ2v) is 6.75. The quantitative estimate of drug-likeness (QED) is 0.787. The predicted molar refractivity (Wildman–Crippen MR) is 105 cm³/mol. The van der Waals surface area contributed by atoms with Crippen LogP contribution in [0.25, 0.3) is 0 Å². The van der Waals surface area contributed by atoms with Crippen LogP contribution in [0.3, 0.4) is 0 Å². The lowest BCUT2D eigenvalue weighted by Gasteiger charge is -2.24. The van der Waals surface area contributed by atoms with Crippen LogP contribution in [-0.2, 0) is 16.1 Å². The standard InChI is InChI=1S/C21H26FN3O2/c1-14-7-5-8-15(2)20(14)24-19(26)12-23-21(27)16(3)25(4)13-17-9-6-10-18(22)11-17/h5-11,16H,12-13H2,1-4H3,(H,23,27)(H,24,26)/t16-/m1/s1. The van der Waals surface area contributed by atoms with Crippen LogP contribution < -0.4 is 10.6 Å². The van der Waals surface area contributed by atoms with Crippen LogP contribution in [0, 0.1) is 19.7 Å². The minimum atomic E-state index is -0.457. The molecule has 2 amide bonds. The number of hydrogen-bond acceptors (Lipinski definition) is 3. The Bertz CT molecular complexity index is 803. The second kappa shape index (κ2) is 9.28. The maximum absolute atomic E-state index is 13.3. The van der Waals surface area contributed by atoms with E-state index >= 15 is 0 Å². The molecule has 0 aliphatic carbocycles.